The SMILES string of the molecule is CN(C)CC#CCN1CCOC(O[C@H](CO)c2cc(C(F)(F)F)cc(C(F)(F)F)c2)C1c1ccc(F)cc1. The number of hydrogen-bond acceptors (Lipinski definition) is 5. The Labute approximate surface area is 215 Å². The Morgan fingerprint density at radius 2 is 1.63 bits per heavy atom. The molecule has 2 aromatic carbocycles. The number of benzene rings is 2. The van der Waals surface area contributed by atoms with E-state index in [1.807, 2.05) is 23.9 Å². The van der Waals surface area contributed by atoms with E-state index in [1.54, 1.807) is 0 Å². The number of rotatable bonds is 7. The Hall–Kier alpha value is -2.69. The van der Waals surface area contributed by atoms with E-state index in [2.05, 4.69) is 11.8 Å². The van der Waals surface area contributed by atoms with Crippen LogP contribution in [0.5, 0.6) is 0 Å². The maximum atomic E-state index is 13.6. The maximum Gasteiger partial charge on any atom is 0.416 e. The predicted molar refractivity (Wildman–Crippen MR) is 124 cm³/mol. The highest BCUT2D eigenvalue weighted by atomic mass is 19.4. The van der Waals surface area contributed by atoms with Gasteiger partial charge in [-0.25, -0.2) is 4.39 Å². The summed E-state index contributed by atoms with van der Waals surface area (Å²) in [6.07, 6.45) is -12.9. The zero-order valence-electron chi connectivity index (χ0n) is 20.6. The van der Waals surface area contributed by atoms with Crippen LogP contribution in [0.3, 0.4) is 0 Å². The Morgan fingerprint density at radius 1 is 1.03 bits per heavy atom. The lowest BCUT2D eigenvalue weighted by Gasteiger charge is -2.41. The molecule has 0 saturated carbocycles. The monoisotopic (exact) mass is 548 g/mol. The van der Waals surface area contributed by atoms with Crippen molar-refractivity contribution in [1.82, 2.24) is 9.80 Å². The third-order valence-electron chi connectivity index (χ3n) is 5.77. The van der Waals surface area contributed by atoms with Gasteiger partial charge in [-0.2, -0.15) is 26.3 Å². The quantitative estimate of drug-likeness (QED) is 0.395. The summed E-state index contributed by atoms with van der Waals surface area (Å²) >= 11 is 0. The molecule has 38 heavy (non-hydrogen) atoms. The van der Waals surface area contributed by atoms with E-state index in [9.17, 15) is 35.8 Å². The summed E-state index contributed by atoms with van der Waals surface area (Å²) in [7, 11) is 3.70. The van der Waals surface area contributed by atoms with Crippen molar-refractivity contribution in [3.8, 4) is 11.8 Å². The lowest BCUT2D eigenvalue weighted by Crippen LogP contribution is -2.47. The molecule has 12 heteroatoms. The number of morpholine rings is 1. The summed E-state index contributed by atoms with van der Waals surface area (Å²) in [5, 5.41) is 9.95. The fourth-order valence-electron chi connectivity index (χ4n) is 3.93. The number of aliphatic hydroxyl groups excluding tert-OH is 1. The van der Waals surface area contributed by atoms with Gasteiger partial charge in [-0.3, -0.25) is 9.80 Å². The average molecular weight is 548 g/mol. The molecule has 3 rings (SSSR count). The topological polar surface area (TPSA) is 45.2 Å². The minimum Gasteiger partial charge on any atom is -0.393 e. The molecule has 1 N–H and O–H groups in total. The van der Waals surface area contributed by atoms with Crippen molar-refractivity contribution >= 4 is 0 Å². The van der Waals surface area contributed by atoms with Crippen molar-refractivity contribution in [2.24, 2.45) is 0 Å². The minimum absolute atomic E-state index is 0.00446. The number of halogens is 7. The first-order valence-corrected chi connectivity index (χ1v) is 11.6. The summed E-state index contributed by atoms with van der Waals surface area (Å²) in [4.78, 5) is 3.72. The van der Waals surface area contributed by atoms with Crippen LogP contribution in [0.25, 0.3) is 0 Å². The molecular formula is C26H27F7N2O3. The largest absolute Gasteiger partial charge is 0.416 e. The maximum absolute atomic E-state index is 13.6. The van der Waals surface area contributed by atoms with Crippen LogP contribution in [0.15, 0.2) is 42.5 Å². The van der Waals surface area contributed by atoms with E-state index >= 15 is 0 Å². The Bertz CT molecular complexity index is 1090. The van der Waals surface area contributed by atoms with E-state index < -0.39 is 59.9 Å². The number of hydrogen-bond donors (Lipinski definition) is 1. The van der Waals surface area contributed by atoms with Gasteiger partial charge in [0.15, 0.2) is 6.29 Å². The van der Waals surface area contributed by atoms with Crippen LogP contribution in [0.2, 0.25) is 0 Å². The molecule has 1 fully saturated rings. The molecule has 5 nitrogen and oxygen atoms in total. The van der Waals surface area contributed by atoms with Crippen LogP contribution in [0, 0.1) is 17.7 Å². The number of alkyl halides is 6. The molecule has 3 atom stereocenters. The molecule has 208 valence electrons. The molecular weight excluding hydrogens is 521 g/mol. The van der Waals surface area contributed by atoms with Crippen LogP contribution in [-0.4, -0.2) is 68.1 Å². The second-order valence-electron chi connectivity index (χ2n) is 8.94. The van der Waals surface area contributed by atoms with Crippen molar-refractivity contribution < 1.29 is 45.3 Å². The van der Waals surface area contributed by atoms with Gasteiger partial charge in [0.2, 0.25) is 0 Å². The lowest BCUT2D eigenvalue weighted by molar-refractivity contribution is -0.235. The fraction of sp³-hybridized carbons (Fsp3) is 0.462. The zero-order chi connectivity index (χ0) is 28.1. The van der Waals surface area contributed by atoms with Crippen LogP contribution in [0.1, 0.15) is 34.4 Å². The summed E-state index contributed by atoms with van der Waals surface area (Å²) < 4.78 is 105. The van der Waals surface area contributed by atoms with Crippen molar-refractivity contribution in [3.63, 3.8) is 0 Å². The van der Waals surface area contributed by atoms with Gasteiger partial charge >= 0.3 is 12.4 Å². The lowest BCUT2D eigenvalue weighted by atomic mass is 10.00. The predicted octanol–water partition coefficient (Wildman–Crippen LogP) is 4.88. The van der Waals surface area contributed by atoms with E-state index in [-0.39, 0.29) is 19.2 Å². The third-order valence-corrected chi connectivity index (χ3v) is 5.77. The Morgan fingerprint density at radius 3 is 2.16 bits per heavy atom. The van der Waals surface area contributed by atoms with Gasteiger partial charge in [-0.1, -0.05) is 24.0 Å². The Balaban J connectivity index is 1.97. The molecule has 0 amide bonds. The molecule has 1 heterocycles. The first-order valence-electron chi connectivity index (χ1n) is 11.6. The molecule has 2 unspecified atom stereocenters. The van der Waals surface area contributed by atoms with E-state index in [0.29, 0.717) is 30.8 Å². The summed E-state index contributed by atoms with van der Waals surface area (Å²) in [5.41, 5.74) is -3.04. The number of nitrogens with zero attached hydrogens (tertiary/aromatic N) is 2. The molecule has 0 spiro atoms. The second kappa shape index (κ2) is 12.4. The summed E-state index contributed by atoms with van der Waals surface area (Å²) in [5.74, 6) is 5.50. The van der Waals surface area contributed by atoms with Crippen LogP contribution in [0.4, 0.5) is 30.7 Å². The van der Waals surface area contributed by atoms with Gasteiger partial charge in [0.1, 0.15) is 11.9 Å². The molecule has 0 bridgehead atoms. The number of ether oxygens (including phenoxy) is 2. The highest BCUT2D eigenvalue weighted by Crippen LogP contribution is 2.39. The number of aliphatic hydroxyl groups is 1. The van der Waals surface area contributed by atoms with Crippen molar-refractivity contribution in [2.75, 3.05) is 46.9 Å². The first-order chi connectivity index (χ1) is 17.8. The first kappa shape index (κ1) is 29.9. The van der Waals surface area contributed by atoms with Crippen LogP contribution >= 0.6 is 0 Å². The van der Waals surface area contributed by atoms with E-state index in [4.69, 9.17) is 9.47 Å². The normalized spacial score (nSPS) is 19.8. The van der Waals surface area contributed by atoms with Gasteiger partial charge < -0.3 is 14.6 Å². The van der Waals surface area contributed by atoms with Gasteiger partial charge in [0.05, 0.1) is 43.5 Å². The molecule has 1 saturated heterocycles. The molecule has 1 aliphatic rings. The van der Waals surface area contributed by atoms with Crippen molar-refractivity contribution in [1.29, 1.82) is 0 Å². The molecule has 1 aliphatic heterocycles. The molecule has 0 radical (unpaired) electrons. The van der Waals surface area contributed by atoms with E-state index in [0.717, 1.165) is 0 Å². The molecule has 0 aliphatic carbocycles. The second-order valence-corrected chi connectivity index (χ2v) is 8.94. The van der Waals surface area contributed by atoms with Crippen molar-refractivity contribution in [3.05, 3.63) is 70.5 Å². The summed E-state index contributed by atoms with van der Waals surface area (Å²) in [6.45, 7) is 0.313. The molecule has 2 aromatic rings. The van der Waals surface area contributed by atoms with Crippen LogP contribution in [-0.2, 0) is 21.8 Å². The minimum atomic E-state index is -5.06. The van der Waals surface area contributed by atoms with Crippen LogP contribution < -0.4 is 0 Å². The van der Waals surface area contributed by atoms with E-state index in [1.165, 1.54) is 24.3 Å². The van der Waals surface area contributed by atoms with Gasteiger partial charge in [-0.05, 0) is 55.6 Å². The summed E-state index contributed by atoms with van der Waals surface area (Å²) in [6, 6.07) is 5.67. The highest BCUT2D eigenvalue weighted by molar-refractivity contribution is 5.35. The Kier molecular flexibility index (Phi) is 9.78. The fourth-order valence-corrected chi connectivity index (χ4v) is 3.93. The van der Waals surface area contributed by atoms with Gasteiger partial charge in [-0.15, -0.1) is 0 Å². The zero-order valence-corrected chi connectivity index (χ0v) is 20.6. The van der Waals surface area contributed by atoms with Gasteiger partial charge in [0.25, 0.3) is 0 Å². The highest BCUT2D eigenvalue weighted by Gasteiger charge is 2.39. The third kappa shape index (κ3) is 7.91. The van der Waals surface area contributed by atoms with Gasteiger partial charge in [0, 0.05) is 6.54 Å². The van der Waals surface area contributed by atoms with Crippen molar-refractivity contribution in [2.45, 2.75) is 30.8 Å². The standard InChI is InChI=1S/C26H27F7N2O3/c1-34(2)9-3-4-10-35-11-12-37-24(23(35)17-5-7-21(27)8-6-17)38-22(16-36)18-13-19(25(28,29)30)15-20(14-18)26(31,32)33/h5-8,13-15,22-24,36H,9-12,16H2,1-2H3/t22-,23?,24?/m1/s1. The average Bonchev–Trinajstić information content (AvgIpc) is 2.84. The molecule has 0 aromatic heterocycles. The smallest absolute Gasteiger partial charge is 0.393 e.